The van der Waals surface area contributed by atoms with E-state index in [-0.39, 0.29) is 0 Å². The van der Waals surface area contributed by atoms with Crippen LogP contribution in [0.15, 0.2) is 59.1 Å². The van der Waals surface area contributed by atoms with Crippen LogP contribution in [-0.4, -0.2) is 9.97 Å². The molecule has 118 valence electrons. The Morgan fingerprint density at radius 3 is 2.46 bits per heavy atom. The summed E-state index contributed by atoms with van der Waals surface area (Å²) in [7, 11) is 0. The van der Waals surface area contributed by atoms with Crippen LogP contribution in [-0.2, 0) is 0 Å². The van der Waals surface area contributed by atoms with Crippen LogP contribution in [0.5, 0.6) is 0 Å². The van der Waals surface area contributed by atoms with Gasteiger partial charge >= 0.3 is 0 Å². The number of hydrogen-bond donors (Lipinski definition) is 2. The molecule has 2 aromatic carbocycles. The summed E-state index contributed by atoms with van der Waals surface area (Å²) < 4.78 is 0.979. The molecule has 0 saturated heterocycles. The smallest absolute Gasteiger partial charge is 0.229 e. The number of aryl methyl sites for hydroxylation is 1. The van der Waals surface area contributed by atoms with Crippen molar-refractivity contribution < 1.29 is 0 Å². The fraction of sp³-hybridized carbons (Fsp3) is 0.0556. The maximum absolute atomic E-state index is 8.99. The zero-order chi connectivity index (χ0) is 16.9. The van der Waals surface area contributed by atoms with Gasteiger partial charge in [-0.2, -0.15) is 10.2 Å². The van der Waals surface area contributed by atoms with Gasteiger partial charge in [-0.05, 0) is 43.3 Å². The highest BCUT2D eigenvalue weighted by Crippen LogP contribution is 2.21. The monoisotopic (exact) mass is 379 g/mol. The van der Waals surface area contributed by atoms with Crippen LogP contribution in [0, 0.1) is 18.3 Å². The van der Waals surface area contributed by atoms with Crippen LogP contribution in [0.4, 0.5) is 23.1 Å². The summed E-state index contributed by atoms with van der Waals surface area (Å²) in [5.74, 6) is 1.17. The highest BCUT2D eigenvalue weighted by molar-refractivity contribution is 9.10. The molecule has 0 spiro atoms. The van der Waals surface area contributed by atoms with Gasteiger partial charge in [-0.15, -0.1) is 0 Å². The van der Waals surface area contributed by atoms with Crippen LogP contribution in [0.1, 0.15) is 11.3 Å². The lowest BCUT2D eigenvalue weighted by molar-refractivity contribution is 1.11. The zero-order valence-corrected chi connectivity index (χ0v) is 14.5. The van der Waals surface area contributed by atoms with Gasteiger partial charge in [0.25, 0.3) is 0 Å². The second-order valence-electron chi connectivity index (χ2n) is 5.17. The number of rotatable bonds is 4. The van der Waals surface area contributed by atoms with Crippen molar-refractivity contribution in [2.75, 3.05) is 10.6 Å². The Kier molecular flexibility index (Phi) is 4.73. The van der Waals surface area contributed by atoms with Crippen molar-refractivity contribution in [1.29, 1.82) is 5.26 Å². The third-order valence-corrected chi connectivity index (χ3v) is 3.69. The molecule has 0 aliphatic heterocycles. The third-order valence-electron chi connectivity index (χ3n) is 3.20. The van der Waals surface area contributed by atoms with Crippen LogP contribution in [0.3, 0.4) is 0 Å². The number of nitrogens with one attached hydrogen (secondary N) is 2. The summed E-state index contributed by atoms with van der Waals surface area (Å²) in [6, 6.07) is 19.0. The normalized spacial score (nSPS) is 10.0. The second kappa shape index (κ2) is 7.11. The van der Waals surface area contributed by atoms with E-state index in [1.54, 1.807) is 12.1 Å². The fourth-order valence-electron chi connectivity index (χ4n) is 2.20. The number of nitriles is 1. The van der Waals surface area contributed by atoms with Crippen LogP contribution < -0.4 is 10.6 Å². The van der Waals surface area contributed by atoms with E-state index in [4.69, 9.17) is 5.26 Å². The summed E-state index contributed by atoms with van der Waals surface area (Å²) in [6.45, 7) is 1.91. The Bertz CT molecular complexity index is 917. The standard InChI is InChI=1S/C18H14BrN5/c1-12-8-17(22-15-6-2-4-13(9-15)11-20)24-18(21-12)23-16-7-3-5-14(19)10-16/h2-10H,1H3,(H2,21,22,23,24). The van der Waals surface area contributed by atoms with Gasteiger partial charge in [-0.3, -0.25) is 0 Å². The van der Waals surface area contributed by atoms with E-state index in [2.05, 4.69) is 42.6 Å². The van der Waals surface area contributed by atoms with Crippen molar-refractivity contribution in [3.05, 3.63) is 70.3 Å². The molecule has 1 aromatic heterocycles. The summed E-state index contributed by atoms with van der Waals surface area (Å²) in [4.78, 5) is 8.88. The van der Waals surface area contributed by atoms with Gasteiger partial charge in [-0.25, -0.2) is 4.98 Å². The highest BCUT2D eigenvalue weighted by Gasteiger charge is 2.04. The van der Waals surface area contributed by atoms with Gasteiger partial charge in [0.15, 0.2) is 0 Å². The molecule has 6 heteroatoms. The Morgan fingerprint density at radius 1 is 0.958 bits per heavy atom. The number of nitrogens with zero attached hydrogens (tertiary/aromatic N) is 3. The molecular weight excluding hydrogens is 366 g/mol. The first kappa shape index (κ1) is 16.0. The third kappa shape index (κ3) is 4.09. The molecule has 3 aromatic rings. The maximum Gasteiger partial charge on any atom is 0.229 e. The topological polar surface area (TPSA) is 73.6 Å². The van der Waals surface area contributed by atoms with Crippen molar-refractivity contribution in [3.8, 4) is 6.07 Å². The van der Waals surface area contributed by atoms with Gasteiger partial charge in [0.05, 0.1) is 11.6 Å². The zero-order valence-electron chi connectivity index (χ0n) is 12.9. The minimum atomic E-state index is 0.507. The molecule has 0 aliphatic rings. The van der Waals surface area contributed by atoms with Crippen LogP contribution >= 0.6 is 15.9 Å². The summed E-state index contributed by atoms with van der Waals surface area (Å²) in [6.07, 6.45) is 0. The van der Waals surface area contributed by atoms with E-state index >= 15 is 0 Å². The van der Waals surface area contributed by atoms with Crippen LogP contribution in [0.2, 0.25) is 0 Å². The van der Waals surface area contributed by atoms with Gasteiger partial charge < -0.3 is 10.6 Å². The molecule has 24 heavy (non-hydrogen) atoms. The maximum atomic E-state index is 8.99. The molecule has 1 heterocycles. The van der Waals surface area contributed by atoms with Crippen molar-refractivity contribution in [2.45, 2.75) is 6.92 Å². The van der Waals surface area contributed by atoms with Crippen molar-refractivity contribution in [3.63, 3.8) is 0 Å². The molecule has 3 rings (SSSR count). The number of hydrogen-bond acceptors (Lipinski definition) is 5. The van der Waals surface area contributed by atoms with Crippen molar-refractivity contribution >= 4 is 39.1 Å². The van der Waals surface area contributed by atoms with E-state index in [1.807, 2.05) is 49.4 Å². The molecule has 0 aliphatic carbocycles. The fourth-order valence-corrected chi connectivity index (χ4v) is 2.60. The lowest BCUT2D eigenvalue weighted by Gasteiger charge is -2.10. The van der Waals surface area contributed by atoms with Gasteiger partial charge in [0, 0.05) is 27.6 Å². The molecular formula is C18H14BrN5. The van der Waals surface area contributed by atoms with E-state index in [1.165, 1.54) is 0 Å². The quantitative estimate of drug-likeness (QED) is 0.673. The summed E-state index contributed by atoms with van der Waals surface area (Å²) in [5.41, 5.74) is 3.13. The van der Waals surface area contributed by atoms with E-state index < -0.39 is 0 Å². The SMILES string of the molecule is Cc1cc(Nc2cccc(C#N)c2)nc(Nc2cccc(Br)c2)n1. The number of benzene rings is 2. The highest BCUT2D eigenvalue weighted by atomic mass is 79.9. The Hall–Kier alpha value is -2.91. The minimum absolute atomic E-state index is 0.507. The van der Waals surface area contributed by atoms with Gasteiger partial charge in [-0.1, -0.05) is 28.1 Å². The predicted molar refractivity (Wildman–Crippen MR) is 98.6 cm³/mol. The molecule has 0 amide bonds. The Labute approximate surface area is 148 Å². The van der Waals surface area contributed by atoms with Crippen LogP contribution in [0.25, 0.3) is 0 Å². The number of aromatic nitrogens is 2. The molecule has 0 fully saturated rings. The van der Waals surface area contributed by atoms with Gasteiger partial charge in [0.1, 0.15) is 5.82 Å². The predicted octanol–water partition coefficient (Wildman–Crippen LogP) is 4.91. The summed E-state index contributed by atoms with van der Waals surface area (Å²) >= 11 is 3.44. The van der Waals surface area contributed by atoms with E-state index in [9.17, 15) is 0 Å². The molecule has 2 N–H and O–H groups in total. The molecule has 0 radical (unpaired) electrons. The van der Waals surface area contributed by atoms with E-state index in [0.717, 1.165) is 21.5 Å². The van der Waals surface area contributed by atoms with Crippen molar-refractivity contribution in [2.24, 2.45) is 0 Å². The van der Waals surface area contributed by atoms with Gasteiger partial charge in [0.2, 0.25) is 5.95 Å². The molecule has 0 atom stereocenters. The summed E-state index contributed by atoms with van der Waals surface area (Å²) in [5, 5.41) is 15.4. The molecule has 5 nitrogen and oxygen atoms in total. The molecule has 0 bridgehead atoms. The first-order valence-corrected chi connectivity index (χ1v) is 8.07. The number of halogens is 1. The molecule has 0 saturated carbocycles. The largest absolute Gasteiger partial charge is 0.340 e. The minimum Gasteiger partial charge on any atom is -0.340 e. The lowest BCUT2D eigenvalue weighted by Crippen LogP contribution is -2.02. The first-order chi connectivity index (χ1) is 11.6. The lowest BCUT2D eigenvalue weighted by atomic mass is 10.2. The second-order valence-corrected chi connectivity index (χ2v) is 6.09. The molecule has 0 unspecified atom stereocenters. The Balaban J connectivity index is 1.84. The van der Waals surface area contributed by atoms with E-state index in [0.29, 0.717) is 17.3 Å². The Morgan fingerprint density at radius 2 is 1.71 bits per heavy atom. The average molecular weight is 380 g/mol. The first-order valence-electron chi connectivity index (χ1n) is 7.28. The van der Waals surface area contributed by atoms with Crippen molar-refractivity contribution in [1.82, 2.24) is 9.97 Å². The number of anilines is 4. The average Bonchev–Trinajstić information content (AvgIpc) is 2.54.